The lowest BCUT2D eigenvalue weighted by Crippen LogP contribution is -2.54. The zero-order chi connectivity index (χ0) is 14.7. The second kappa shape index (κ2) is 6.35. The molecule has 4 nitrogen and oxygen atoms in total. The first kappa shape index (κ1) is 16.6. The van der Waals surface area contributed by atoms with Crippen LogP contribution in [0.1, 0.15) is 34.1 Å². The molecule has 1 aliphatic rings. The van der Waals surface area contributed by atoms with E-state index in [4.69, 9.17) is 4.74 Å². The molecule has 1 heterocycles. The first-order valence-corrected chi connectivity index (χ1v) is 8.14. The number of halogens is 1. The van der Waals surface area contributed by atoms with Gasteiger partial charge in [0.05, 0.1) is 25.0 Å². The van der Waals surface area contributed by atoms with Crippen molar-refractivity contribution in [2.24, 2.45) is 5.41 Å². The molecule has 5 heteroatoms. The summed E-state index contributed by atoms with van der Waals surface area (Å²) in [5.41, 5.74) is -0.944. The van der Waals surface area contributed by atoms with E-state index >= 15 is 0 Å². The zero-order valence-corrected chi connectivity index (χ0v) is 14.0. The summed E-state index contributed by atoms with van der Waals surface area (Å²) in [5.74, 6) is -0.394. The molecule has 1 rings (SSSR count). The highest BCUT2D eigenvalue weighted by atomic mass is 79.9. The van der Waals surface area contributed by atoms with E-state index in [1.54, 1.807) is 6.92 Å². The van der Waals surface area contributed by atoms with Gasteiger partial charge in [-0.2, -0.15) is 0 Å². The molecule has 0 N–H and O–H groups in total. The van der Waals surface area contributed by atoms with E-state index in [0.717, 1.165) is 22.9 Å². The number of alkyl halides is 1. The third kappa shape index (κ3) is 2.72. The van der Waals surface area contributed by atoms with Gasteiger partial charge in [0.2, 0.25) is 0 Å². The maximum Gasteiger partial charge on any atom is 0.325 e. The van der Waals surface area contributed by atoms with Crippen molar-refractivity contribution in [2.75, 3.05) is 31.6 Å². The third-order valence-electron chi connectivity index (χ3n) is 4.72. The molecule has 0 bridgehead atoms. The lowest BCUT2D eigenvalue weighted by molar-refractivity contribution is -0.935. The van der Waals surface area contributed by atoms with Crippen LogP contribution < -0.4 is 0 Å². The van der Waals surface area contributed by atoms with Gasteiger partial charge < -0.3 is 9.22 Å². The van der Waals surface area contributed by atoms with Crippen LogP contribution in [0.2, 0.25) is 0 Å². The highest BCUT2D eigenvalue weighted by Gasteiger charge is 2.61. The van der Waals surface area contributed by atoms with Gasteiger partial charge in [0, 0.05) is 6.42 Å². The number of likely N-dealkylation sites (tertiary alicyclic amines) is 1. The Hall–Kier alpha value is -0.420. The second-order valence-electron chi connectivity index (χ2n) is 5.38. The SMILES string of the molecule is CCOC(=O)C1(C(C)=O)CC(CBr)[N+](CC)(CC)C1. The Morgan fingerprint density at radius 3 is 2.21 bits per heavy atom. The molecule has 1 fully saturated rings. The third-order valence-corrected chi connectivity index (χ3v) is 5.47. The number of esters is 1. The summed E-state index contributed by atoms with van der Waals surface area (Å²) >= 11 is 3.54. The Balaban J connectivity index is 3.17. The molecule has 0 aliphatic carbocycles. The van der Waals surface area contributed by atoms with E-state index in [0.29, 0.717) is 25.6 Å². The zero-order valence-electron chi connectivity index (χ0n) is 12.4. The minimum atomic E-state index is -0.944. The number of hydrogen-bond acceptors (Lipinski definition) is 3. The first-order valence-electron chi connectivity index (χ1n) is 7.02. The molecular formula is C14H25BrNO3+. The number of Topliss-reactive ketones (excluding diaryl/α,β-unsaturated/α-hetero) is 1. The molecule has 0 aromatic heterocycles. The Kier molecular flexibility index (Phi) is 5.56. The van der Waals surface area contributed by atoms with Crippen molar-refractivity contribution in [3.63, 3.8) is 0 Å². The monoisotopic (exact) mass is 334 g/mol. The summed E-state index contributed by atoms with van der Waals surface area (Å²) in [6.45, 7) is 10.3. The maximum absolute atomic E-state index is 12.3. The average Bonchev–Trinajstić information content (AvgIpc) is 2.75. The van der Waals surface area contributed by atoms with Crippen LogP contribution in [0, 0.1) is 5.41 Å². The van der Waals surface area contributed by atoms with Crippen molar-refractivity contribution in [3.05, 3.63) is 0 Å². The van der Waals surface area contributed by atoms with Gasteiger partial charge in [-0.15, -0.1) is 0 Å². The van der Waals surface area contributed by atoms with Gasteiger partial charge in [-0.3, -0.25) is 9.59 Å². The van der Waals surface area contributed by atoms with E-state index in [2.05, 4.69) is 29.8 Å². The molecule has 0 aromatic rings. The predicted octanol–water partition coefficient (Wildman–Crippen LogP) is 2.15. The average molecular weight is 335 g/mol. The standard InChI is InChI=1S/C14H25BrNO3/c1-5-16(6-2)10-14(11(4)17,8-12(16)9-15)13(18)19-7-3/h12H,5-10H2,1-4H3/q+1. The van der Waals surface area contributed by atoms with Crippen molar-refractivity contribution in [1.29, 1.82) is 0 Å². The van der Waals surface area contributed by atoms with Gasteiger partial charge >= 0.3 is 5.97 Å². The van der Waals surface area contributed by atoms with Crippen LogP contribution in [0.3, 0.4) is 0 Å². The molecule has 0 amide bonds. The molecule has 1 saturated heterocycles. The largest absolute Gasteiger partial charge is 0.465 e. The molecule has 2 atom stereocenters. The molecule has 0 radical (unpaired) electrons. The fourth-order valence-corrected chi connectivity index (χ4v) is 4.15. The van der Waals surface area contributed by atoms with Crippen LogP contribution in [0.25, 0.3) is 0 Å². The fraction of sp³-hybridized carbons (Fsp3) is 0.857. The Morgan fingerprint density at radius 1 is 1.32 bits per heavy atom. The van der Waals surface area contributed by atoms with Crippen molar-refractivity contribution in [1.82, 2.24) is 0 Å². The van der Waals surface area contributed by atoms with Gasteiger partial charge in [0.1, 0.15) is 12.6 Å². The van der Waals surface area contributed by atoms with Crippen molar-refractivity contribution in [3.8, 4) is 0 Å². The number of ketones is 1. The van der Waals surface area contributed by atoms with E-state index in [1.165, 1.54) is 6.92 Å². The highest BCUT2D eigenvalue weighted by molar-refractivity contribution is 9.09. The smallest absolute Gasteiger partial charge is 0.325 e. The summed E-state index contributed by atoms with van der Waals surface area (Å²) in [6, 6.07) is 0.295. The number of hydrogen-bond donors (Lipinski definition) is 0. The van der Waals surface area contributed by atoms with Crippen molar-refractivity contribution >= 4 is 27.7 Å². The summed E-state index contributed by atoms with van der Waals surface area (Å²) in [6.07, 6.45) is 0.591. The van der Waals surface area contributed by atoms with E-state index in [-0.39, 0.29) is 11.8 Å². The number of ether oxygens (including phenoxy) is 1. The fourth-order valence-electron chi connectivity index (χ4n) is 3.31. The Morgan fingerprint density at radius 2 is 1.89 bits per heavy atom. The number of quaternary nitrogens is 1. The van der Waals surface area contributed by atoms with Crippen molar-refractivity contribution in [2.45, 2.75) is 40.2 Å². The molecule has 19 heavy (non-hydrogen) atoms. The van der Waals surface area contributed by atoms with Gasteiger partial charge in [-0.05, 0) is 27.7 Å². The minimum absolute atomic E-state index is 0.0567. The van der Waals surface area contributed by atoms with Gasteiger partial charge in [0.15, 0.2) is 11.2 Å². The maximum atomic E-state index is 12.3. The minimum Gasteiger partial charge on any atom is -0.465 e. The van der Waals surface area contributed by atoms with Crippen LogP contribution in [0.5, 0.6) is 0 Å². The summed E-state index contributed by atoms with van der Waals surface area (Å²) in [4.78, 5) is 24.5. The molecule has 1 aliphatic heterocycles. The van der Waals surface area contributed by atoms with Gasteiger partial charge in [0.25, 0.3) is 0 Å². The molecule has 110 valence electrons. The van der Waals surface area contributed by atoms with Crippen LogP contribution in [0.15, 0.2) is 0 Å². The van der Waals surface area contributed by atoms with Crippen LogP contribution >= 0.6 is 15.9 Å². The van der Waals surface area contributed by atoms with E-state index in [1.807, 2.05) is 0 Å². The number of rotatable bonds is 6. The van der Waals surface area contributed by atoms with Crippen molar-refractivity contribution < 1.29 is 18.8 Å². The topological polar surface area (TPSA) is 43.4 Å². The Bertz CT molecular complexity index is 355. The lowest BCUT2D eigenvalue weighted by atomic mass is 9.82. The van der Waals surface area contributed by atoms with Gasteiger partial charge in [-0.1, -0.05) is 15.9 Å². The Labute approximate surface area is 124 Å². The van der Waals surface area contributed by atoms with Crippen LogP contribution in [0.4, 0.5) is 0 Å². The van der Waals surface area contributed by atoms with E-state index < -0.39 is 5.41 Å². The molecule has 0 spiro atoms. The predicted molar refractivity (Wildman–Crippen MR) is 78.2 cm³/mol. The second-order valence-corrected chi connectivity index (χ2v) is 6.03. The normalized spacial score (nSPS) is 29.2. The van der Waals surface area contributed by atoms with Crippen LogP contribution in [-0.2, 0) is 14.3 Å². The molecule has 0 saturated carbocycles. The van der Waals surface area contributed by atoms with E-state index in [9.17, 15) is 9.59 Å². The summed E-state index contributed by atoms with van der Waals surface area (Å²) in [5, 5.41) is 0.809. The number of nitrogens with zero attached hydrogens (tertiary/aromatic N) is 1. The number of carbonyl (C=O) groups excluding carboxylic acids is 2. The lowest BCUT2D eigenvalue weighted by Gasteiger charge is -2.38. The highest BCUT2D eigenvalue weighted by Crippen LogP contribution is 2.42. The summed E-state index contributed by atoms with van der Waals surface area (Å²) < 4.78 is 5.99. The first-order chi connectivity index (χ1) is 8.92. The quantitative estimate of drug-likeness (QED) is 0.323. The molecular weight excluding hydrogens is 310 g/mol. The summed E-state index contributed by atoms with van der Waals surface area (Å²) in [7, 11) is 0. The van der Waals surface area contributed by atoms with Crippen LogP contribution in [-0.4, -0.2) is 53.8 Å². The number of carbonyl (C=O) groups is 2. The molecule has 0 aromatic carbocycles. The van der Waals surface area contributed by atoms with Gasteiger partial charge in [-0.25, -0.2) is 0 Å². The molecule has 2 unspecified atom stereocenters.